The first-order valence-electron chi connectivity index (χ1n) is 27.2. The van der Waals surface area contributed by atoms with E-state index in [0.717, 1.165) is 37.7 Å². The van der Waals surface area contributed by atoms with E-state index >= 15 is 0 Å². The first-order chi connectivity index (χ1) is 34.6. The van der Waals surface area contributed by atoms with Gasteiger partial charge in [0.05, 0.1) is 50.8 Å². The standard InChI is InChI=1S/C53H90O21/c1-24(2)10-9-14-53(8,70-23-31-39(60)41(62)38(59)29(71-31)21-68-46-44(65)40(61)30(22-69-46)73-47-43(64)36(57)27(56)20-67-47)25-11-16-52(7)35(25)26(55)18-33-50(5)15-13-34(49(3,4)32(50)12-17-51(33,52)6)74-48-45(66)42(63)37(58)28(19-54)72-48/h10,25-48,54-66H,9,11-23H2,1-8H3. The second kappa shape index (κ2) is 22.4. The third kappa shape index (κ3) is 10.5. The molecule has 0 aromatic carbocycles. The molecule has 8 fully saturated rings. The summed E-state index contributed by atoms with van der Waals surface area (Å²) in [4.78, 5) is 0. The van der Waals surface area contributed by atoms with Crippen LogP contribution < -0.4 is 0 Å². The molecule has 4 aliphatic carbocycles. The molecule has 0 radical (unpaired) electrons. The molecule has 0 aromatic heterocycles. The van der Waals surface area contributed by atoms with Crippen LogP contribution in [0.25, 0.3) is 0 Å². The van der Waals surface area contributed by atoms with Crippen LogP contribution in [0.1, 0.15) is 113 Å². The van der Waals surface area contributed by atoms with Gasteiger partial charge in [0.2, 0.25) is 0 Å². The third-order valence-electron chi connectivity index (χ3n) is 20.5. The first kappa shape index (κ1) is 59.0. The Kier molecular flexibility index (Phi) is 17.9. The highest BCUT2D eigenvalue weighted by Crippen LogP contribution is 2.76. The molecule has 4 saturated heterocycles. The van der Waals surface area contributed by atoms with Crippen LogP contribution in [0.3, 0.4) is 0 Å². The van der Waals surface area contributed by atoms with E-state index in [4.69, 9.17) is 37.9 Å². The summed E-state index contributed by atoms with van der Waals surface area (Å²) in [5.74, 6) is 0.0712. The third-order valence-corrected chi connectivity index (χ3v) is 20.5. The molecule has 4 heterocycles. The van der Waals surface area contributed by atoms with Crippen molar-refractivity contribution in [2.75, 3.05) is 33.0 Å². The Labute approximate surface area is 434 Å². The van der Waals surface area contributed by atoms with Gasteiger partial charge >= 0.3 is 0 Å². The molecule has 21 heteroatoms. The lowest BCUT2D eigenvalue weighted by Gasteiger charge is -2.71. The Morgan fingerprint density at radius 2 is 1.20 bits per heavy atom. The van der Waals surface area contributed by atoms with Gasteiger partial charge in [0.15, 0.2) is 18.9 Å². The van der Waals surface area contributed by atoms with Gasteiger partial charge in [-0.1, -0.05) is 46.3 Å². The number of aliphatic hydroxyl groups excluding tert-OH is 13. The van der Waals surface area contributed by atoms with E-state index in [9.17, 15) is 66.4 Å². The maximum absolute atomic E-state index is 12.7. The predicted molar refractivity (Wildman–Crippen MR) is 259 cm³/mol. The number of hydrogen-bond acceptors (Lipinski definition) is 21. The second-order valence-electron chi connectivity index (χ2n) is 25.2. The number of ether oxygens (including phenoxy) is 8. The minimum atomic E-state index is -1.70. The zero-order valence-electron chi connectivity index (χ0n) is 44.4. The lowest BCUT2D eigenvalue weighted by molar-refractivity contribution is -0.333. The van der Waals surface area contributed by atoms with E-state index in [2.05, 4.69) is 47.6 Å². The Morgan fingerprint density at radius 3 is 1.88 bits per heavy atom. The van der Waals surface area contributed by atoms with Crippen LogP contribution in [0, 0.1) is 45.3 Å². The number of aliphatic hydroxyl groups is 13. The minimum absolute atomic E-state index is 0.111. The number of rotatable bonds is 15. The fourth-order valence-corrected chi connectivity index (χ4v) is 15.9. The molecule has 13 N–H and O–H groups in total. The van der Waals surface area contributed by atoms with E-state index in [0.29, 0.717) is 25.7 Å². The number of hydrogen-bond donors (Lipinski definition) is 13. The monoisotopic (exact) mass is 1060 g/mol. The van der Waals surface area contributed by atoms with Crippen LogP contribution in [0.2, 0.25) is 0 Å². The largest absolute Gasteiger partial charge is 0.394 e. The first-order valence-corrected chi connectivity index (χ1v) is 27.2. The number of allylic oxidation sites excluding steroid dienone is 2. The van der Waals surface area contributed by atoms with Gasteiger partial charge in [0.25, 0.3) is 0 Å². The quantitative estimate of drug-likeness (QED) is 0.0699. The maximum atomic E-state index is 12.7. The average Bonchev–Trinajstić information content (AvgIpc) is 3.74. The predicted octanol–water partition coefficient (Wildman–Crippen LogP) is -0.882. The fraction of sp³-hybridized carbons (Fsp3) is 0.962. The lowest BCUT2D eigenvalue weighted by Crippen LogP contribution is -2.67. The van der Waals surface area contributed by atoms with E-state index in [1.807, 2.05) is 13.8 Å². The molecule has 28 unspecified atom stereocenters. The normalized spacial score (nSPS) is 52.3. The summed E-state index contributed by atoms with van der Waals surface area (Å²) in [7, 11) is 0. The van der Waals surface area contributed by atoms with Crippen molar-refractivity contribution >= 4 is 0 Å². The van der Waals surface area contributed by atoms with Crippen molar-refractivity contribution in [2.24, 2.45) is 45.3 Å². The minimum Gasteiger partial charge on any atom is -0.394 e. The molecular weight excluding hydrogens is 973 g/mol. The van der Waals surface area contributed by atoms with E-state index in [-0.39, 0.29) is 65.8 Å². The molecule has 21 nitrogen and oxygen atoms in total. The highest BCUT2D eigenvalue weighted by atomic mass is 16.7. The summed E-state index contributed by atoms with van der Waals surface area (Å²) in [5, 5.41) is 140. The zero-order chi connectivity index (χ0) is 54.2. The molecule has 428 valence electrons. The summed E-state index contributed by atoms with van der Waals surface area (Å²) in [6, 6.07) is 0. The highest BCUT2D eigenvalue weighted by Gasteiger charge is 2.72. The van der Waals surface area contributed by atoms with Crippen molar-refractivity contribution in [3.63, 3.8) is 0 Å². The van der Waals surface area contributed by atoms with Gasteiger partial charge in [-0.3, -0.25) is 0 Å². The zero-order valence-corrected chi connectivity index (χ0v) is 44.4. The molecule has 28 atom stereocenters. The van der Waals surface area contributed by atoms with Crippen molar-refractivity contribution in [1.82, 2.24) is 0 Å². The van der Waals surface area contributed by atoms with E-state index in [1.165, 1.54) is 0 Å². The summed E-state index contributed by atoms with van der Waals surface area (Å²) in [6.45, 7) is 15.8. The van der Waals surface area contributed by atoms with Crippen molar-refractivity contribution < 1.29 is 104 Å². The maximum Gasteiger partial charge on any atom is 0.186 e. The van der Waals surface area contributed by atoms with Crippen LogP contribution in [-0.2, 0) is 37.9 Å². The molecule has 4 saturated carbocycles. The highest BCUT2D eigenvalue weighted by molar-refractivity contribution is 5.20. The Morgan fingerprint density at radius 1 is 0.595 bits per heavy atom. The summed E-state index contributed by atoms with van der Waals surface area (Å²) in [5.41, 5.74) is -0.767. The molecule has 0 amide bonds. The molecule has 8 rings (SSSR count). The lowest BCUT2D eigenvalue weighted by atomic mass is 9.35. The Bertz CT molecular complexity index is 1910. The molecule has 0 spiro atoms. The summed E-state index contributed by atoms with van der Waals surface area (Å²) < 4.78 is 47.8. The Hall–Kier alpha value is -1.10. The van der Waals surface area contributed by atoms with Crippen molar-refractivity contribution in [3.05, 3.63) is 11.6 Å². The SMILES string of the molecule is CC(C)=CCCC(C)(OCC1OC(COC2OCC(OC3OCC(O)C(O)C3O)C(O)C2O)C(O)C(O)C1O)C1CCC2(C)C1C(O)CC1C3(C)CCC(OC4OC(CO)C(O)C(O)C4O)C(C)(C)C3CCC12C. The van der Waals surface area contributed by atoms with Crippen LogP contribution in [0.4, 0.5) is 0 Å². The van der Waals surface area contributed by atoms with Gasteiger partial charge in [-0.05, 0) is 124 Å². The summed E-state index contributed by atoms with van der Waals surface area (Å²) >= 11 is 0. The molecule has 8 aliphatic rings. The van der Waals surface area contributed by atoms with Gasteiger partial charge in [-0.2, -0.15) is 0 Å². The molecule has 4 aliphatic heterocycles. The molecule has 74 heavy (non-hydrogen) atoms. The molecule has 0 aromatic rings. The van der Waals surface area contributed by atoms with Gasteiger partial charge in [0, 0.05) is 0 Å². The van der Waals surface area contributed by atoms with E-state index in [1.54, 1.807) is 0 Å². The molecular formula is C53H90O21. The van der Waals surface area contributed by atoms with Crippen molar-refractivity contribution in [1.29, 1.82) is 0 Å². The smallest absolute Gasteiger partial charge is 0.186 e. The second-order valence-corrected chi connectivity index (χ2v) is 25.2. The fourth-order valence-electron chi connectivity index (χ4n) is 15.9. The van der Waals surface area contributed by atoms with Crippen LogP contribution >= 0.6 is 0 Å². The van der Waals surface area contributed by atoms with Crippen molar-refractivity contribution in [2.45, 2.75) is 241 Å². The van der Waals surface area contributed by atoms with Gasteiger partial charge in [-0.15, -0.1) is 0 Å². The van der Waals surface area contributed by atoms with Gasteiger partial charge in [-0.25, -0.2) is 0 Å². The molecule has 0 bridgehead atoms. The topological polar surface area (TPSA) is 337 Å². The van der Waals surface area contributed by atoms with Crippen molar-refractivity contribution in [3.8, 4) is 0 Å². The van der Waals surface area contributed by atoms with Gasteiger partial charge in [0.1, 0.15) is 91.6 Å². The number of fused-ring (bicyclic) bond motifs is 5. The van der Waals surface area contributed by atoms with Crippen LogP contribution in [0.15, 0.2) is 11.6 Å². The van der Waals surface area contributed by atoms with Gasteiger partial charge < -0.3 is 104 Å². The average molecular weight is 1060 g/mol. The summed E-state index contributed by atoms with van der Waals surface area (Å²) in [6.07, 6.45) is -18.1. The van der Waals surface area contributed by atoms with Crippen LogP contribution in [-0.4, -0.2) is 228 Å². The van der Waals surface area contributed by atoms with Crippen LogP contribution in [0.5, 0.6) is 0 Å². The Balaban J connectivity index is 0.938. The van der Waals surface area contributed by atoms with E-state index < -0.39 is 141 Å².